The predicted molar refractivity (Wildman–Crippen MR) is 148 cm³/mol. The summed E-state index contributed by atoms with van der Waals surface area (Å²) in [6.07, 6.45) is 5.23. The molecule has 2 bridgehead atoms. The third-order valence-electron chi connectivity index (χ3n) is 10.7. The van der Waals surface area contributed by atoms with Gasteiger partial charge in [0.1, 0.15) is 9.49 Å². The van der Waals surface area contributed by atoms with Crippen molar-refractivity contribution >= 4 is 47.2 Å². The van der Waals surface area contributed by atoms with Crippen molar-refractivity contribution in [2.75, 3.05) is 0 Å². The van der Waals surface area contributed by atoms with Gasteiger partial charge in [0.25, 0.3) is 11.8 Å². The Morgan fingerprint density at radius 3 is 1.74 bits per heavy atom. The average molecular weight is 555 g/mol. The van der Waals surface area contributed by atoms with E-state index < -0.39 is 20.8 Å². The standard InChI is InChI=1S/C31H26N2O4S2/c1-29-20-14-4-2-12-18(20)22(19-13-3-5-15-21(19)29)30-27(36)33(17-10-7-11-17)28(37)31(29,30)39-24-23(38-30)25(34)32(26(24)35)16-8-6-9-16/h2-5,12-17,22H,6-11H2,1H3/t22?,29?,30-,31-/m1/s1. The summed E-state index contributed by atoms with van der Waals surface area (Å²) in [5.41, 5.74) is 3.33. The molecule has 196 valence electrons. The van der Waals surface area contributed by atoms with Crippen LogP contribution in [-0.2, 0) is 24.6 Å². The van der Waals surface area contributed by atoms with Gasteiger partial charge in [-0.3, -0.25) is 29.0 Å². The molecule has 3 aliphatic heterocycles. The van der Waals surface area contributed by atoms with E-state index in [0.717, 1.165) is 60.8 Å². The Morgan fingerprint density at radius 1 is 0.692 bits per heavy atom. The summed E-state index contributed by atoms with van der Waals surface area (Å²) < 4.78 is -2.51. The number of amides is 4. The van der Waals surface area contributed by atoms with Crippen LogP contribution in [0, 0.1) is 0 Å². The van der Waals surface area contributed by atoms with Crippen molar-refractivity contribution in [3.63, 3.8) is 0 Å². The molecular formula is C31H26N2O4S2. The number of carbonyl (C=O) groups is 4. The van der Waals surface area contributed by atoms with Crippen LogP contribution in [0.3, 0.4) is 0 Å². The molecule has 0 radical (unpaired) electrons. The Bertz CT molecular complexity index is 1580. The van der Waals surface area contributed by atoms with Crippen molar-refractivity contribution in [1.82, 2.24) is 9.80 Å². The first kappa shape index (κ1) is 22.9. The largest absolute Gasteiger partial charge is 0.277 e. The highest BCUT2D eigenvalue weighted by Gasteiger charge is 2.86. The molecule has 8 heteroatoms. The van der Waals surface area contributed by atoms with Gasteiger partial charge in [-0.1, -0.05) is 72.1 Å². The maximum Gasteiger partial charge on any atom is 0.268 e. The van der Waals surface area contributed by atoms with Gasteiger partial charge in [-0.05, 0) is 67.7 Å². The number of hydrogen-bond acceptors (Lipinski definition) is 6. The SMILES string of the molecule is CC12c3ccccc3C(c3ccccc31)[C@]13SC4=C(S[C@]21C(=O)N(C1CCC1)C3=O)C(=O)N(C1CCC1)C4=O. The van der Waals surface area contributed by atoms with Crippen molar-refractivity contribution < 1.29 is 19.2 Å². The monoisotopic (exact) mass is 554 g/mol. The summed E-state index contributed by atoms with van der Waals surface area (Å²) >= 11 is 2.51. The van der Waals surface area contributed by atoms with Gasteiger partial charge in [-0.15, -0.1) is 0 Å². The molecular weight excluding hydrogens is 528 g/mol. The minimum Gasteiger partial charge on any atom is -0.277 e. The molecule has 0 unspecified atom stereocenters. The number of carbonyl (C=O) groups excluding carboxylic acids is 4. The number of hydrogen-bond donors (Lipinski definition) is 0. The molecule has 39 heavy (non-hydrogen) atoms. The zero-order valence-corrected chi connectivity index (χ0v) is 23.1. The molecule has 6 nitrogen and oxygen atoms in total. The third-order valence-corrected chi connectivity index (χ3v) is 14.4. The zero-order chi connectivity index (χ0) is 26.5. The van der Waals surface area contributed by atoms with E-state index >= 15 is 4.79 Å². The van der Waals surface area contributed by atoms with Gasteiger partial charge in [-0.2, -0.15) is 0 Å². The molecule has 1 saturated heterocycles. The van der Waals surface area contributed by atoms with E-state index in [0.29, 0.717) is 9.81 Å². The maximum absolute atomic E-state index is 15.0. The molecule has 5 aliphatic carbocycles. The lowest BCUT2D eigenvalue weighted by Gasteiger charge is -2.64. The molecule has 0 N–H and O–H groups in total. The van der Waals surface area contributed by atoms with Crippen molar-refractivity contribution in [3.05, 3.63) is 80.6 Å². The highest BCUT2D eigenvalue weighted by molar-refractivity contribution is 8.14. The molecule has 2 aromatic rings. The minimum atomic E-state index is -1.27. The maximum atomic E-state index is 15.0. The lowest BCUT2D eigenvalue weighted by atomic mass is 9.47. The van der Waals surface area contributed by atoms with Crippen molar-refractivity contribution in [1.29, 1.82) is 0 Å². The molecule has 0 aromatic heterocycles. The Labute approximate surface area is 234 Å². The fourth-order valence-electron chi connectivity index (χ4n) is 8.55. The van der Waals surface area contributed by atoms with Gasteiger partial charge >= 0.3 is 0 Å². The lowest BCUT2D eigenvalue weighted by Crippen LogP contribution is -2.72. The Hall–Kier alpha value is -2.84. The van der Waals surface area contributed by atoms with Gasteiger partial charge in [0.15, 0.2) is 0 Å². The second-order valence-electron chi connectivity index (χ2n) is 12.1. The number of likely N-dealkylation sites (tertiary alicyclic amines) is 1. The van der Waals surface area contributed by atoms with E-state index in [1.807, 2.05) is 24.3 Å². The van der Waals surface area contributed by atoms with Gasteiger partial charge in [0, 0.05) is 23.4 Å². The summed E-state index contributed by atoms with van der Waals surface area (Å²) in [6.45, 7) is 2.11. The van der Waals surface area contributed by atoms with Gasteiger partial charge in [0.2, 0.25) is 11.8 Å². The first-order valence-corrected chi connectivity index (χ1v) is 15.6. The molecule has 2 saturated carbocycles. The van der Waals surface area contributed by atoms with Crippen LogP contribution in [0.2, 0.25) is 0 Å². The molecule has 10 rings (SSSR count). The lowest BCUT2D eigenvalue weighted by molar-refractivity contribution is -0.144. The molecule has 3 fully saturated rings. The fourth-order valence-corrected chi connectivity index (χ4v) is 12.4. The van der Waals surface area contributed by atoms with Crippen LogP contribution < -0.4 is 0 Å². The molecule has 4 amide bonds. The number of rotatable bonds is 2. The van der Waals surface area contributed by atoms with E-state index in [2.05, 4.69) is 31.2 Å². The molecule has 8 aliphatic rings. The van der Waals surface area contributed by atoms with Crippen LogP contribution in [0.25, 0.3) is 0 Å². The van der Waals surface area contributed by atoms with Crippen LogP contribution in [0.1, 0.15) is 73.6 Å². The van der Waals surface area contributed by atoms with E-state index in [1.165, 1.54) is 28.4 Å². The smallest absolute Gasteiger partial charge is 0.268 e. The average Bonchev–Trinajstić information content (AvgIpc) is 3.23. The van der Waals surface area contributed by atoms with Crippen molar-refractivity contribution in [2.24, 2.45) is 0 Å². The molecule has 0 spiro atoms. The van der Waals surface area contributed by atoms with E-state index in [9.17, 15) is 14.4 Å². The topological polar surface area (TPSA) is 74.8 Å². The second-order valence-corrected chi connectivity index (χ2v) is 14.6. The van der Waals surface area contributed by atoms with Gasteiger partial charge < -0.3 is 0 Å². The van der Waals surface area contributed by atoms with Crippen LogP contribution in [-0.4, -0.2) is 55.0 Å². The van der Waals surface area contributed by atoms with E-state index in [4.69, 9.17) is 0 Å². The van der Waals surface area contributed by atoms with Crippen LogP contribution >= 0.6 is 23.5 Å². The zero-order valence-electron chi connectivity index (χ0n) is 21.4. The summed E-state index contributed by atoms with van der Waals surface area (Å²) in [6, 6.07) is 16.2. The highest BCUT2D eigenvalue weighted by Crippen LogP contribution is 2.79. The van der Waals surface area contributed by atoms with Crippen molar-refractivity contribution in [3.8, 4) is 0 Å². The summed E-state index contributed by atoms with van der Waals surface area (Å²) in [4.78, 5) is 61.6. The van der Waals surface area contributed by atoms with Crippen LogP contribution in [0.5, 0.6) is 0 Å². The first-order chi connectivity index (χ1) is 18.9. The Kier molecular flexibility index (Phi) is 4.16. The number of thioether (sulfide) groups is 2. The van der Waals surface area contributed by atoms with Crippen LogP contribution in [0.15, 0.2) is 58.3 Å². The highest BCUT2D eigenvalue weighted by atomic mass is 32.2. The second kappa shape index (κ2) is 7.07. The third kappa shape index (κ3) is 2.18. The fraction of sp³-hybridized carbons (Fsp3) is 0.419. The molecule has 2 atom stereocenters. The molecule has 2 aromatic carbocycles. The van der Waals surface area contributed by atoms with Crippen LogP contribution in [0.4, 0.5) is 0 Å². The van der Waals surface area contributed by atoms with Gasteiger partial charge in [0.05, 0.1) is 9.81 Å². The first-order valence-electron chi connectivity index (χ1n) is 13.9. The van der Waals surface area contributed by atoms with Gasteiger partial charge in [-0.25, -0.2) is 0 Å². The predicted octanol–water partition coefficient (Wildman–Crippen LogP) is 4.46. The molecule has 3 heterocycles. The number of benzene rings is 2. The summed E-state index contributed by atoms with van der Waals surface area (Å²) in [7, 11) is 0. The number of nitrogens with zero attached hydrogens (tertiary/aromatic N) is 2. The number of imide groups is 2. The Morgan fingerprint density at radius 2 is 1.21 bits per heavy atom. The van der Waals surface area contributed by atoms with E-state index in [-0.39, 0.29) is 35.7 Å². The van der Waals surface area contributed by atoms with Crippen molar-refractivity contribution in [2.45, 2.75) is 78.4 Å². The Balaban J connectivity index is 1.37. The normalized spacial score (nSPS) is 36.4. The summed E-state index contributed by atoms with van der Waals surface area (Å²) in [5.74, 6) is -1.32. The summed E-state index contributed by atoms with van der Waals surface area (Å²) in [5, 5.41) is 0. The van der Waals surface area contributed by atoms with E-state index in [1.54, 1.807) is 4.90 Å². The minimum absolute atomic E-state index is 0.0896. The quantitative estimate of drug-likeness (QED) is 0.511.